The van der Waals surface area contributed by atoms with Gasteiger partial charge in [-0.3, -0.25) is 0 Å². The Bertz CT molecular complexity index is 415. The van der Waals surface area contributed by atoms with Crippen molar-refractivity contribution in [1.82, 2.24) is 0 Å². The molecule has 1 aromatic rings. The van der Waals surface area contributed by atoms with E-state index >= 15 is 0 Å². The summed E-state index contributed by atoms with van der Waals surface area (Å²) in [5, 5.41) is 19.8. The van der Waals surface area contributed by atoms with Crippen LogP contribution < -0.4 is 0 Å². The zero-order valence-corrected chi connectivity index (χ0v) is 12.2. The average molecular weight is 262 g/mol. The van der Waals surface area contributed by atoms with Gasteiger partial charge in [0.25, 0.3) is 0 Å². The Morgan fingerprint density at radius 1 is 1.11 bits per heavy atom. The Morgan fingerprint density at radius 2 is 1.74 bits per heavy atom. The molecular formula is C17H26O2. The van der Waals surface area contributed by atoms with Crippen LogP contribution in [0.2, 0.25) is 0 Å². The van der Waals surface area contributed by atoms with Gasteiger partial charge in [0.2, 0.25) is 0 Å². The van der Waals surface area contributed by atoms with Gasteiger partial charge in [0.15, 0.2) is 0 Å². The fourth-order valence-electron chi connectivity index (χ4n) is 3.47. The third-order valence-corrected chi connectivity index (χ3v) is 4.90. The van der Waals surface area contributed by atoms with Crippen molar-refractivity contribution in [1.29, 1.82) is 0 Å². The normalized spacial score (nSPS) is 17.1. The first-order chi connectivity index (χ1) is 9.11. The number of rotatable bonds is 5. The Hall–Kier alpha value is -0.860. The van der Waals surface area contributed by atoms with Gasteiger partial charge in [-0.2, -0.15) is 0 Å². The number of aliphatic hydroxyl groups excluding tert-OH is 2. The predicted octanol–water partition coefficient (Wildman–Crippen LogP) is 3.01. The summed E-state index contributed by atoms with van der Waals surface area (Å²) in [4.78, 5) is 0. The minimum absolute atomic E-state index is 0.0849. The maximum atomic E-state index is 9.90. The molecule has 0 saturated heterocycles. The molecule has 0 heterocycles. The molecule has 0 atom stereocenters. The van der Waals surface area contributed by atoms with E-state index in [1.807, 2.05) is 0 Å². The molecule has 106 valence electrons. The zero-order valence-electron chi connectivity index (χ0n) is 12.2. The minimum atomic E-state index is -0.338. The van der Waals surface area contributed by atoms with Crippen LogP contribution in [0, 0.1) is 25.2 Å². The highest BCUT2D eigenvalue weighted by Gasteiger charge is 2.39. The van der Waals surface area contributed by atoms with Crippen LogP contribution >= 0.6 is 0 Å². The number of aliphatic hydroxyl groups is 2. The second-order valence-corrected chi connectivity index (χ2v) is 6.27. The molecule has 19 heavy (non-hydrogen) atoms. The lowest BCUT2D eigenvalue weighted by molar-refractivity contribution is 0.00560. The second-order valence-electron chi connectivity index (χ2n) is 6.27. The van der Waals surface area contributed by atoms with E-state index in [1.165, 1.54) is 29.5 Å². The fourth-order valence-corrected chi connectivity index (χ4v) is 3.47. The summed E-state index contributed by atoms with van der Waals surface area (Å²) in [6.45, 7) is 4.38. The third kappa shape index (κ3) is 3.01. The molecule has 0 amide bonds. The van der Waals surface area contributed by atoms with Gasteiger partial charge in [-0.05, 0) is 50.2 Å². The molecule has 1 aliphatic carbocycles. The van der Waals surface area contributed by atoms with Crippen LogP contribution in [0.3, 0.4) is 0 Å². The summed E-state index contributed by atoms with van der Waals surface area (Å²) in [6.07, 6.45) is 5.55. The summed E-state index contributed by atoms with van der Waals surface area (Å²) < 4.78 is 0. The molecule has 1 saturated carbocycles. The lowest BCUT2D eigenvalue weighted by Gasteiger charge is -2.36. The number of hydrogen-bond acceptors (Lipinski definition) is 2. The van der Waals surface area contributed by atoms with Gasteiger partial charge in [-0.15, -0.1) is 0 Å². The first kappa shape index (κ1) is 14.5. The molecule has 0 unspecified atom stereocenters. The van der Waals surface area contributed by atoms with E-state index in [2.05, 4.69) is 32.0 Å². The van der Waals surface area contributed by atoms with Gasteiger partial charge in [-0.1, -0.05) is 36.6 Å². The summed E-state index contributed by atoms with van der Waals surface area (Å²) >= 11 is 0. The van der Waals surface area contributed by atoms with Crippen molar-refractivity contribution in [3.63, 3.8) is 0 Å². The van der Waals surface area contributed by atoms with Crippen LogP contribution in [0.25, 0.3) is 0 Å². The van der Waals surface area contributed by atoms with Crippen LogP contribution in [-0.4, -0.2) is 23.4 Å². The molecule has 1 fully saturated rings. The highest BCUT2D eigenvalue weighted by Crippen LogP contribution is 2.42. The van der Waals surface area contributed by atoms with Crippen molar-refractivity contribution in [3.05, 3.63) is 34.9 Å². The average Bonchev–Trinajstić information content (AvgIpc) is 2.94. The van der Waals surface area contributed by atoms with E-state index in [-0.39, 0.29) is 18.6 Å². The molecule has 0 spiro atoms. The van der Waals surface area contributed by atoms with Gasteiger partial charge in [0.1, 0.15) is 0 Å². The zero-order chi connectivity index (χ0) is 13.9. The van der Waals surface area contributed by atoms with Crippen molar-refractivity contribution >= 4 is 0 Å². The Morgan fingerprint density at radius 3 is 2.32 bits per heavy atom. The smallest absolute Gasteiger partial charge is 0.0515 e. The molecule has 0 radical (unpaired) electrons. The number of hydrogen-bond donors (Lipinski definition) is 2. The Labute approximate surface area is 116 Å². The maximum absolute atomic E-state index is 9.90. The summed E-state index contributed by atoms with van der Waals surface area (Å²) in [7, 11) is 0. The van der Waals surface area contributed by atoms with E-state index in [1.54, 1.807) is 0 Å². The third-order valence-electron chi connectivity index (χ3n) is 4.90. The van der Waals surface area contributed by atoms with Crippen LogP contribution in [-0.2, 0) is 6.42 Å². The van der Waals surface area contributed by atoms with Crippen LogP contribution in [0.15, 0.2) is 18.2 Å². The molecule has 1 aliphatic rings. The SMILES string of the molecule is Cc1ccc(C)c(CC(CO)(CO)C2CCCC2)c1. The predicted molar refractivity (Wildman–Crippen MR) is 78.2 cm³/mol. The lowest BCUT2D eigenvalue weighted by Crippen LogP contribution is -2.39. The van der Waals surface area contributed by atoms with Gasteiger partial charge in [0, 0.05) is 5.41 Å². The van der Waals surface area contributed by atoms with Crippen LogP contribution in [0.1, 0.15) is 42.4 Å². The van der Waals surface area contributed by atoms with Crippen molar-refractivity contribution in [2.24, 2.45) is 11.3 Å². The van der Waals surface area contributed by atoms with E-state index in [0.717, 1.165) is 19.3 Å². The molecular weight excluding hydrogens is 236 g/mol. The lowest BCUT2D eigenvalue weighted by atomic mass is 9.71. The standard InChI is InChI=1S/C17H26O2/c1-13-7-8-14(2)15(9-13)10-17(11-18,12-19)16-5-3-4-6-16/h7-9,16,18-19H,3-6,10-12H2,1-2H3. The van der Waals surface area contributed by atoms with Crippen molar-refractivity contribution in [3.8, 4) is 0 Å². The summed E-state index contributed by atoms with van der Waals surface area (Å²) in [6, 6.07) is 6.46. The highest BCUT2D eigenvalue weighted by molar-refractivity contribution is 5.31. The summed E-state index contributed by atoms with van der Waals surface area (Å²) in [5.41, 5.74) is 3.44. The van der Waals surface area contributed by atoms with Gasteiger partial charge in [0.05, 0.1) is 13.2 Å². The van der Waals surface area contributed by atoms with Crippen molar-refractivity contribution in [2.45, 2.75) is 46.0 Å². The molecule has 2 heteroatoms. The first-order valence-electron chi connectivity index (χ1n) is 7.39. The van der Waals surface area contributed by atoms with E-state index in [9.17, 15) is 10.2 Å². The molecule has 2 nitrogen and oxygen atoms in total. The number of aryl methyl sites for hydroxylation is 2. The quantitative estimate of drug-likeness (QED) is 0.856. The van der Waals surface area contributed by atoms with Crippen LogP contribution in [0.5, 0.6) is 0 Å². The van der Waals surface area contributed by atoms with E-state index in [0.29, 0.717) is 5.92 Å². The second kappa shape index (κ2) is 6.06. The Kier molecular flexibility index (Phi) is 4.64. The molecule has 0 bridgehead atoms. The van der Waals surface area contributed by atoms with Gasteiger partial charge < -0.3 is 10.2 Å². The molecule has 2 N–H and O–H groups in total. The topological polar surface area (TPSA) is 40.5 Å². The Balaban J connectivity index is 2.27. The summed E-state index contributed by atoms with van der Waals surface area (Å²) in [5.74, 6) is 0.461. The molecule has 2 rings (SSSR count). The van der Waals surface area contributed by atoms with Gasteiger partial charge in [-0.25, -0.2) is 0 Å². The fraction of sp³-hybridized carbons (Fsp3) is 0.647. The number of benzene rings is 1. The van der Waals surface area contributed by atoms with Gasteiger partial charge >= 0.3 is 0 Å². The molecule has 1 aromatic carbocycles. The van der Waals surface area contributed by atoms with E-state index in [4.69, 9.17) is 0 Å². The van der Waals surface area contributed by atoms with Crippen LogP contribution in [0.4, 0.5) is 0 Å². The molecule has 0 aliphatic heterocycles. The largest absolute Gasteiger partial charge is 0.396 e. The first-order valence-corrected chi connectivity index (χ1v) is 7.39. The van der Waals surface area contributed by atoms with E-state index < -0.39 is 0 Å². The minimum Gasteiger partial charge on any atom is -0.396 e. The maximum Gasteiger partial charge on any atom is 0.0515 e. The molecule has 0 aromatic heterocycles. The highest BCUT2D eigenvalue weighted by atomic mass is 16.3. The van der Waals surface area contributed by atoms with Crippen molar-refractivity contribution < 1.29 is 10.2 Å². The monoisotopic (exact) mass is 262 g/mol. The van der Waals surface area contributed by atoms with Crippen molar-refractivity contribution in [2.75, 3.05) is 13.2 Å².